The van der Waals surface area contributed by atoms with Gasteiger partial charge in [0.2, 0.25) is 0 Å². The number of nitrogens with one attached hydrogen (secondary N) is 1. The second kappa shape index (κ2) is 10.4. The minimum absolute atomic E-state index is 0.0714. The van der Waals surface area contributed by atoms with Crippen molar-refractivity contribution in [1.29, 1.82) is 0 Å². The van der Waals surface area contributed by atoms with Crippen LogP contribution < -0.4 is 10.2 Å². The summed E-state index contributed by atoms with van der Waals surface area (Å²) in [5, 5.41) is 15.4. The number of hydrogen-bond donors (Lipinski definition) is 1. The van der Waals surface area contributed by atoms with Gasteiger partial charge in [-0.15, -0.1) is 0 Å². The summed E-state index contributed by atoms with van der Waals surface area (Å²) in [5.41, 5.74) is 3.66. The highest BCUT2D eigenvalue weighted by atomic mass is 16.6. The number of benzene rings is 3. The highest BCUT2D eigenvalue weighted by Gasteiger charge is 2.23. The summed E-state index contributed by atoms with van der Waals surface area (Å²) in [6.45, 7) is 4.29. The lowest BCUT2D eigenvalue weighted by molar-refractivity contribution is -0.384. The Hall–Kier alpha value is -4.10. The topological polar surface area (TPSA) is 74.8 Å². The van der Waals surface area contributed by atoms with Crippen LogP contribution >= 0.6 is 0 Å². The molecule has 7 nitrogen and oxygen atoms in total. The van der Waals surface area contributed by atoms with E-state index >= 15 is 0 Å². The molecule has 0 amide bonds. The number of furan rings is 1. The third-order valence-corrected chi connectivity index (χ3v) is 6.44. The number of rotatable bonds is 8. The van der Waals surface area contributed by atoms with E-state index in [2.05, 4.69) is 15.1 Å². The van der Waals surface area contributed by atoms with Gasteiger partial charge in [0.25, 0.3) is 5.69 Å². The Balaban J connectivity index is 1.39. The molecule has 1 fully saturated rings. The maximum absolute atomic E-state index is 11.9. The maximum Gasteiger partial charge on any atom is 0.292 e. The minimum atomic E-state index is -0.319. The quantitative estimate of drug-likeness (QED) is 0.264. The summed E-state index contributed by atoms with van der Waals surface area (Å²) >= 11 is 0. The molecule has 0 radical (unpaired) electrons. The molecule has 3 aromatic carbocycles. The Bertz CT molecular complexity index is 1200. The van der Waals surface area contributed by atoms with E-state index in [1.807, 2.05) is 84.9 Å². The lowest BCUT2D eigenvalue weighted by Gasteiger charge is -2.36. The lowest BCUT2D eigenvalue weighted by atomic mass is 9.98. The van der Waals surface area contributed by atoms with Gasteiger partial charge in [0, 0.05) is 37.9 Å². The van der Waals surface area contributed by atoms with E-state index in [1.54, 1.807) is 12.3 Å². The Morgan fingerprint density at radius 1 is 0.857 bits per heavy atom. The number of anilines is 2. The minimum Gasteiger partial charge on any atom is -0.468 e. The van der Waals surface area contributed by atoms with Crippen molar-refractivity contribution in [1.82, 2.24) is 4.90 Å². The standard InChI is InChI=1S/C28H28N4O3/c33-32(34)27-14-13-24(31-17-15-30(16-18-31)21-25-12-7-19-35-25)20-26(27)29-28(22-8-3-1-4-9-22)23-10-5-2-6-11-23/h1-14,19-20,28-29H,15-18,21H2. The highest BCUT2D eigenvalue weighted by Crippen LogP contribution is 2.35. The summed E-state index contributed by atoms with van der Waals surface area (Å²) in [7, 11) is 0. The molecule has 7 heteroatoms. The average molecular weight is 469 g/mol. The number of hydrogen-bond acceptors (Lipinski definition) is 6. The molecule has 178 valence electrons. The third-order valence-electron chi connectivity index (χ3n) is 6.44. The van der Waals surface area contributed by atoms with Crippen molar-refractivity contribution in [3.63, 3.8) is 0 Å². The van der Waals surface area contributed by atoms with Crippen molar-refractivity contribution in [3.8, 4) is 0 Å². The monoisotopic (exact) mass is 468 g/mol. The van der Waals surface area contributed by atoms with Gasteiger partial charge in [-0.3, -0.25) is 15.0 Å². The smallest absolute Gasteiger partial charge is 0.292 e. The Labute approximate surface area is 204 Å². The van der Waals surface area contributed by atoms with Gasteiger partial charge in [-0.1, -0.05) is 60.7 Å². The van der Waals surface area contributed by atoms with Gasteiger partial charge in [0.1, 0.15) is 11.4 Å². The molecule has 0 aliphatic carbocycles. The van der Waals surface area contributed by atoms with Gasteiger partial charge >= 0.3 is 0 Å². The molecule has 5 rings (SSSR count). The van der Waals surface area contributed by atoms with Crippen molar-refractivity contribution in [2.45, 2.75) is 12.6 Å². The second-order valence-corrected chi connectivity index (χ2v) is 8.70. The van der Waals surface area contributed by atoms with Crippen molar-refractivity contribution in [2.75, 3.05) is 36.4 Å². The highest BCUT2D eigenvalue weighted by molar-refractivity contribution is 5.70. The van der Waals surface area contributed by atoms with Crippen molar-refractivity contribution in [2.24, 2.45) is 0 Å². The van der Waals surface area contributed by atoms with Crippen LogP contribution in [0.4, 0.5) is 17.1 Å². The maximum atomic E-state index is 11.9. The van der Waals surface area contributed by atoms with Crippen LogP contribution in [0.25, 0.3) is 0 Å². The molecular weight excluding hydrogens is 440 g/mol. The fraction of sp³-hybridized carbons (Fsp3) is 0.214. The van der Waals surface area contributed by atoms with Crippen LogP contribution in [0.5, 0.6) is 0 Å². The zero-order valence-electron chi connectivity index (χ0n) is 19.4. The fourth-order valence-electron chi connectivity index (χ4n) is 4.59. The van der Waals surface area contributed by atoms with Gasteiger partial charge in [0.15, 0.2) is 0 Å². The molecule has 1 saturated heterocycles. The van der Waals surface area contributed by atoms with Crippen LogP contribution in [0.1, 0.15) is 22.9 Å². The van der Waals surface area contributed by atoms with E-state index in [4.69, 9.17) is 4.42 Å². The van der Waals surface area contributed by atoms with E-state index in [0.717, 1.165) is 55.3 Å². The van der Waals surface area contributed by atoms with E-state index < -0.39 is 0 Å². The Morgan fingerprint density at radius 2 is 1.51 bits per heavy atom. The summed E-state index contributed by atoms with van der Waals surface area (Å²) in [6.07, 6.45) is 1.70. The van der Waals surface area contributed by atoms with Gasteiger partial charge in [-0.2, -0.15) is 0 Å². The molecular formula is C28H28N4O3. The zero-order chi connectivity index (χ0) is 24.0. The number of nitro benzene ring substituents is 1. The summed E-state index contributed by atoms with van der Waals surface area (Å²) in [5.74, 6) is 0.966. The fourth-order valence-corrected chi connectivity index (χ4v) is 4.59. The first kappa shape index (κ1) is 22.7. The van der Waals surface area contributed by atoms with Crippen LogP contribution in [0.3, 0.4) is 0 Å². The predicted octanol–water partition coefficient (Wildman–Crippen LogP) is 5.71. The molecule has 1 N–H and O–H groups in total. The van der Waals surface area contributed by atoms with E-state index in [1.165, 1.54) is 0 Å². The molecule has 0 spiro atoms. The Kier molecular flexibility index (Phi) is 6.77. The first-order valence-corrected chi connectivity index (χ1v) is 11.8. The molecule has 0 unspecified atom stereocenters. The lowest BCUT2D eigenvalue weighted by Crippen LogP contribution is -2.45. The molecule has 1 aliphatic heterocycles. The van der Waals surface area contributed by atoms with E-state index in [-0.39, 0.29) is 16.7 Å². The summed E-state index contributed by atoms with van der Waals surface area (Å²) < 4.78 is 5.48. The molecule has 4 aromatic rings. The van der Waals surface area contributed by atoms with Crippen LogP contribution in [0, 0.1) is 10.1 Å². The zero-order valence-corrected chi connectivity index (χ0v) is 19.4. The van der Waals surface area contributed by atoms with E-state index in [0.29, 0.717) is 5.69 Å². The molecule has 0 atom stereocenters. The SMILES string of the molecule is O=[N+]([O-])c1ccc(N2CCN(Cc3ccco3)CC2)cc1NC(c1ccccc1)c1ccccc1. The van der Waals surface area contributed by atoms with Gasteiger partial charge in [0.05, 0.1) is 23.8 Å². The first-order chi connectivity index (χ1) is 17.2. The molecule has 0 bridgehead atoms. The number of nitrogens with zero attached hydrogens (tertiary/aromatic N) is 3. The van der Waals surface area contributed by atoms with Gasteiger partial charge < -0.3 is 14.6 Å². The van der Waals surface area contributed by atoms with Gasteiger partial charge in [-0.05, 0) is 35.4 Å². The molecule has 0 saturated carbocycles. The number of nitro groups is 1. The summed E-state index contributed by atoms with van der Waals surface area (Å²) in [6, 6.07) is 29.1. The number of piperazine rings is 1. The van der Waals surface area contributed by atoms with Crippen LogP contribution in [-0.4, -0.2) is 36.0 Å². The van der Waals surface area contributed by atoms with Crippen molar-refractivity contribution < 1.29 is 9.34 Å². The first-order valence-electron chi connectivity index (χ1n) is 11.8. The van der Waals surface area contributed by atoms with Crippen LogP contribution in [0.2, 0.25) is 0 Å². The third kappa shape index (κ3) is 5.36. The Morgan fingerprint density at radius 3 is 2.09 bits per heavy atom. The molecule has 2 heterocycles. The van der Waals surface area contributed by atoms with E-state index in [9.17, 15) is 10.1 Å². The van der Waals surface area contributed by atoms with Crippen molar-refractivity contribution >= 4 is 17.1 Å². The van der Waals surface area contributed by atoms with Crippen LogP contribution in [-0.2, 0) is 6.54 Å². The van der Waals surface area contributed by atoms with Crippen molar-refractivity contribution in [3.05, 3.63) is 124 Å². The largest absolute Gasteiger partial charge is 0.468 e. The predicted molar refractivity (Wildman–Crippen MR) is 138 cm³/mol. The molecule has 1 aromatic heterocycles. The molecule has 1 aliphatic rings. The normalized spacial score (nSPS) is 14.3. The molecule has 35 heavy (non-hydrogen) atoms. The van der Waals surface area contributed by atoms with Crippen LogP contribution in [0.15, 0.2) is 102 Å². The average Bonchev–Trinajstić information content (AvgIpc) is 3.41. The van der Waals surface area contributed by atoms with Gasteiger partial charge in [-0.25, -0.2) is 0 Å². The summed E-state index contributed by atoms with van der Waals surface area (Å²) in [4.78, 5) is 16.2. The second-order valence-electron chi connectivity index (χ2n) is 8.70.